The summed E-state index contributed by atoms with van der Waals surface area (Å²) in [6, 6.07) is 2.70. The number of halogens is 4. The molecule has 5 nitrogen and oxygen atoms in total. The Morgan fingerprint density at radius 3 is 2.48 bits per heavy atom. The third-order valence-electron chi connectivity index (χ3n) is 2.50. The van der Waals surface area contributed by atoms with Gasteiger partial charge in [-0.2, -0.15) is 17.6 Å². The summed E-state index contributed by atoms with van der Waals surface area (Å²) in [5.41, 5.74) is 0.0683. The average molecular weight is 337 g/mol. The molecule has 1 rings (SSSR count). The number of hydrogen-bond acceptors (Lipinski definition) is 4. The van der Waals surface area contributed by atoms with Crippen molar-refractivity contribution >= 4 is 12.0 Å². The maximum Gasteiger partial charge on any atom is 0.387 e. The van der Waals surface area contributed by atoms with Crippen LogP contribution in [0.2, 0.25) is 0 Å². The predicted molar refractivity (Wildman–Crippen MR) is 73.4 cm³/mol. The van der Waals surface area contributed by atoms with Crippen molar-refractivity contribution in [3.63, 3.8) is 0 Å². The second-order valence-corrected chi connectivity index (χ2v) is 4.38. The second kappa shape index (κ2) is 8.99. The first-order valence-electron chi connectivity index (χ1n) is 6.45. The van der Waals surface area contributed by atoms with Gasteiger partial charge in [0.15, 0.2) is 0 Å². The molecule has 1 aromatic rings. The fourth-order valence-electron chi connectivity index (χ4n) is 1.53. The lowest BCUT2D eigenvalue weighted by Gasteiger charge is -2.11. The predicted octanol–water partition coefficient (Wildman–Crippen LogP) is 2.40. The van der Waals surface area contributed by atoms with Crippen LogP contribution in [-0.2, 0) is 4.79 Å². The fraction of sp³-hybridized carbons (Fsp3) is 0.357. The standard InChI is InChI=1S/C14H15F4NO4/c1-8(7-20)19-12(21)5-3-9-2-4-10(22-13(15)16)6-11(9)23-14(17)18/h2-6,8,13-14,20H,7H2,1H3,(H,19,21)/b5-3+. The SMILES string of the molecule is CC(CO)NC(=O)/C=C/c1ccc(OC(F)F)cc1OC(F)F. The molecule has 128 valence electrons. The Morgan fingerprint density at radius 1 is 1.26 bits per heavy atom. The lowest BCUT2D eigenvalue weighted by molar-refractivity contribution is -0.117. The summed E-state index contributed by atoms with van der Waals surface area (Å²) in [6.45, 7) is -4.99. The van der Waals surface area contributed by atoms with E-state index >= 15 is 0 Å². The van der Waals surface area contributed by atoms with Gasteiger partial charge in [-0.3, -0.25) is 4.79 Å². The van der Waals surface area contributed by atoms with E-state index < -0.39 is 30.9 Å². The minimum absolute atomic E-state index is 0.0683. The van der Waals surface area contributed by atoms with Gasteiger partial charge in [0, 0.05) is 23.7 Å². The molecule has 1 aromatic carbocycles. The highest BCUT2D eigenvalue weighted by Gasteiger charge is 2.12. The number of rotatable bonds is 8. The van der Waals surface area contributed by atoms with Crippen LogP contribution in [0.1, 0.15) is 12.5 Å². The lowest BCUT2D eigenvalue weighted by Crippen LogP contribution is -2.33. The van der Waals surface area contributed by atoms with Crippen molar-refractivity contribution in [2.75, 3.05) is 6.61 Å². The highest BCUT2D eigenvalue weighted by molar-refractivity contribution is 5.92. The molecular formula is C14H15F4NO4. The quantitative estimate of drug-likeness (QED) is 0.565. The average Bonchev–Trinajstić information content (AvgIpc) is 2.45. The molecule has 23 heavy (non-hydrogen) atoms. The normalized spacial score (nSPS) is 12.7. The summed E-state index contributed by atoms with van der Waals surface area (Å²) in [5.74, 6) is -1.34. The van der Waals surface area contributed by atoms with E-state index in [9.17, 15) is 22.4 Å². The van der Waals surface area contributed by atoms with Gasteiger partial charge < -0.3 is 19.9 Å². The molecule has 0 spiro atoms. The van der Waals surface area contributed by atoms with E-state index in [2.05, 4.69) is 14.8 Å². The summed E-state index contributed by atoms with van der Waals surface area (Å²) in [5, 5.41) is 11.2. The second-order valence-electron chi connectivity index (χ2n) is 4.38. The van der Waals surface area contributed by atoms with Crippen molar-refractivity contribution in [1.29, 1.82) is 0 Å². The Morgan fingerprint density at radius 2 is 1.91 bits per heavy atom. The van der Waals surface area contributed by atoms with Crippen LogP contribution in [0.15, 0.2) is 24.3 Å². The highest BCUT2D eigenvalue weighted by atomic mass is 19.3. The number of hydrogen-bond donors (Lipinski definition) is 2. The number of carbonyl (C=O) groups excluding carboxylic acids is 1. The van der Waals surface area contributed by atoms with Gasteiger partial charge in [0.2, 0.25) is 5.91 Å². The molecule has 1 amide bonds. The number of amides is 1. The molecule has 0 saturated carbocycles. The van der Waals surface area contributed by atoms with Crippen LogP contribution < -0.4 is 14.8 Å². The first-order chi connectivity index (χ1) is 10.8. The molecule has 2 N–H and O–H groups in total. The Hall–Kier alpha value is -2.29. The van der Waals surface area contributed by atoms with Gasteiger partial charge in [-0.05, 0) is 25.1 Å². The third-order valence-corrected chi connectivity index (χ3v) is 2.50. The highest BCUT2D eigenvalue weighted by Crippen LogP contribution is 2.28. The van der Waals surface area contributed by atoms with Crippen LogP contribution in [0, 0.1) is 0 Å². The van der Waals surface area contributed by atoms with Crippen molar-refractivity contribution in [1.82, 2.24) is 5.32 Å². The van der Waals surface area contributed by atoms with Crippen molar-refractivity contribution in [2.24, 2.45) is 0 Å². The van der Waals surface area contributed by atoms with Gasteiger partial charge in [-0.15, -0.1) is 0 Å². The maximum absolute atomic E-state index is 12.4. The van der Waals surface area contributed by atoms with Crippen molar-refractivity contribution < 1.29 is 36.9 Å². The smallest absolute Gasteiger partial charge is 0.387 e. The molecule has 0 bridgehead atoms. The lowest BCUT2D eigenvalue weighted by atomic mass is 10.1. The molecule has 0 aliphatic heterocycles. The third kappa shape index (κ3) is 7.00. The van der Waals surface area contributed by atoms with Gasteiger partial charge in [0.25, 0.3) is 0 Å². The summed E-state index contributed by atoms with van der Waals surface area (Å²) in [7, 11) is 0. The van der Waals surface area contributed by atoms with Crippen LogP contribution in [0.4, 0.5) is 17.6 Å². The fourth-order valence-corrected chi connectivity index (χ4v) is 1.53. The zero-order chi connectivity index (χ0) is 17.4. The Balaban J connectivity index is 2.93. The number of carbonyl (C=O) groups is 1. The van der Waals surface area contributed by atoms with Gasteiger partial charge >= 0.3 is 13.2 Å². The van der Waals surface area contributed by atoms with E-state index in [1.54, 1.807) is 6.92 Å². The summed E-state index contributed by atoms with van der Waals surface area (Å²) >= 11 is 0. The molecule has 0 aliphatic rings. The number of nitrogens with one attached hydrogen (secondary N) is 1. The maximum atomic E-state index is 12.4. The zero-order valence-electron chi connectivity index (χ0n) is 12.0. The van der Waals surface area contributed by atoms with Gasteiger partial charge in [-0.25, -0.2) is 0 Å². The number of benzene rings is 1. The molecular weight excluding hydrogens is 322 g/mol. The van der Waals surface area contributed by atoms with Crippen LogP contribution >= 0.6 is 0 Å². The van der Waals surface area contributed by atoms with Gasteiger partial charge in [0.05, 0.1) is 6.61 Å². The molecule has 0 fully saturated rings. The number of aliphatic hydroxyl groups is 1. The Bertz CT molecular complexity index is 552. The van der Waals surface area contributed by atoms with E-state index in [0.717, 1.165) is 18.2 Å². The molecule has 0 aromatic heterocycles. The zero-order valence-corrected chi connectivity index (χ0v) is 12.0. The molecule has 0 radical (unpaired) electrons. The Labute approximate surface area is 129 Å². The summed E-state index contributed by atoms with van der Waals surface area (Å²) in [6.07, 6.45) is 2.21. The van der Waals surface area contributed by atoms with E-state index in [0.29, 0.717) is 0 Å². The van der Waals surface area contributed by atoms with Gasteiger partial charge in [-0.1, -0.05) is 0 Å². The first-order valence-corrected chi connectivity index (χ1v) is 6.45. The van der Waals surface area contributed by atoms with E-state index in [4.69, 9.17) is 5.11 Å². The van der Waals surface area contributed by atoms with Crippen LogP contribution in [0.3, 0.4) is 0 Å². The Kier molecular flexibility index (Phi) is 7.33. The molecule has 0 saturated heterocycles. The minimum atomic E-state index is -3.17. The van der Waals surface area contributed by atoms with Crippen molar-refractivity contribution in [3.8, 4) is 11.5 Å². The molecule has 0 aliphatic carbocycles. The van der Waals surface area contributed by atoms with Crippen LogP contribution in [-0.4, -0.2) is 36.9 Å². The monoisotopic (exact) mass is 337 g/mol. The molecule has 1 atom stereocenters. The largest absolute Gasteiger partial charge is 0.435 e. The summed E-state index contributed by atoms with van der Waals surface area (Å²) in [4.78, 5) is 11.5. The first kappa shape index (κ1) is 18.8. The molecule has 0 heterocycles. The topological polar surface area (TPSA) is 67.8 Å². The van der Waals surface area contributed by atoms with Crippen LogP contribution in [0.5, 0.6) is 11.5 Å². The van der Waals surface area contributed by atoms with Crippen molar-refractivity contribution in [2.45, 2.75) is 26.2 Å². The van der Waals surface area contributed by atoms with Crippen molar-refractivity contribution in [3.05, 3.63) is 29.8 Å². The minimum Gasteiger partial charge on any atom is -0.435 e. The van der Waals surface area contributed by atoms with E-state index in [1.165, 1.54) is 12.1 Å². The van der Waals surface area contributed by atoms with Crippen LogP contribution in [0.25, 0.3) is 6.08 Å². The molecule has 1 unspecified atom stereocenters. The van der Waals surface area contributed by atoms with E-state index in [-0.39, 0.29) is 17.9 Å². The van der Waals surface area contributed by atoms with Gasteiger partial charge in [0.1, 0.15) is 11.5 Å². The summed E-state index contributed by atoms with van der Waals surface area (Å²) < 4.78 is 57.3. The number of ether oxygens (including phenoxy) is 2. The molecule has 9 heteroatoms. The number of aliphatic hydroxyl groups excluding tert-OH is 1. The number of alkyl halides is 4. The van der Waals surface area contributed by atoms with E-state index in [1.807, 2.05) is 0 Å².